The number of hydrogen-bond acceptors (Lipinski definition) is 2. The Morgan fingerprint density at radius 2 is 2.09 bits per heavy atom. The van der Waals surface area contributed by atoms with E-state index in [-0.39, 0.29) is 17.9 Å². The Balaban J connectivity index is 2.68. The largest absolute Gasteiger partial charge is 0.391 e. The molecular weight excluding hydrogens is 142 g/mol. The van der Waals surface area contributed by atoms with Gasteiger partial charge in [0.25, 0.3) is 0 Å². The highest BCUT2D eigenvalue weighted by Crippen LogP contribution is 2.21. The van der Waals surface area contributed by atoms with Gasteiger partial charge in [0.2, 0.25) is 5.91 Å². The van der Waals surface area contributed by atoms with Gasteiger partial charge >= 0.3 is 0 Å². The quantitative estimate of drug-likeness (QED) is 0.552. The second-order valence-corrected chi connectivity index (χ2v) is 4.03. The lowest BCUT2D eigenvalue weighted by molar-refractivity contribution is -0.131. The van der Waals surface area contributed by atoms with Crippen LogP contribution < -0.4 is 0 Å². The van der Waals surface area contributed by atoms with Gasteiger partial charge in [-0.05, 0) is 20.8 Å². The molecule has 1 atom stereocenters. The predicted octanol–water partition coefficient (Wildman–Crippen LogP) is 0.378. The number of carbonyl (C=O) groups excluding carboxylic acids is 1. The third-order valence-electron chi connectivity index (χ3n) is 1.91. The molecule has 0 aromatic carbocycles. The van der Waals surface area contributed by atoms with Crippen LogP contribution in [-0.2, 0) is 4.79 Å². The summed E-state index contributed by atoms with van der Waals surface area (Å²) in [4.78, 5) is 12.9. The highest BCUT2D eigenvalue weighted by atomic mass is 16.3. The summed E-state index contributed by atoms with van der Waals surface area (Å²) in [6.07, 6.45) is -0.168. The number of likely N-dealkylation sites (tertiary alicyclic amines) is 1. The molecule has 11 heavy (non-hydrogen) atoms. The fraction of sp³-hybridized carbons (Fsp3) is 0.875. The summed E-state index contributed by atoms with van der Waals surface area (Å²) in [6, 6.07) is 0. The first kappa shape index (κ1) is 8.53. The van der Waals surface area contributed by atoms with Crippen LogP contribution in [0.2, 0.25) is 0 Å². The van der Waals surface area contributed by atoms with Crippen LogP contribution in [0.1, 0.15) is 27.2 Å². The van der Waals surface area contributed by atoms with E-state index in [9.17, 15) is 9.90 Å². The molecule has 64 valence electrons. The summed E-state index contributed by atoms with van der Waals surface area (Å²) in [5, 5.41) is 9.17. The summed E-state index contributed by atoms with van der Waals surface area (Å²) >= 11 is 0. The van der Waals surface area contributed by atoms with E-state index >= 15 is 0 Å². The molecule has 3 heteroatoms. The minimum absolute atomic E-state index is 0.0602. The van der Waals surface area contributed by atoms with Crippen molar-refractivity contribution < 1.29 is 9.90 Å². The van der Waals surface area contributed by atoms with Gasteiger partial charge < -0.3 is 10.0 Å². The van der Waals surface area contributed by atoms with Gasteiger partial charge in [-0.25, -0.2) is 0 Å². The first-order chi connectivity index (χ1) is 4.91. The maximum atomic E-state index is 11.2. The molecule has 0 aliphatic carbocycles. The molecule has 1 unspecified atom stereocenters. The summed E-state index contributed by atoms with van der Waals surface area (Å²) in [7, 11) is 0. The Kier molecular flexibility index (Phi) is 1.92. The maximum Gasteiger partial charge on any atom is 0.225 e. The number of hydrogen-bond donors (Lipinski definition) is 1. The standard InChI is InChI=1S/C8H15NO2/c1-8(2,3)9-5-6(10)4-7(9)11/h6,10H,4-5H2,1-3H3. The molecular formula is C8H15NO2. The van der Waals surface area contributed by atoms with Crippen LogP contribution >= 0.6 is 0 Å². The number of carbonyl (C=O) groups is 1. The van der Waals surface area contributed by atoms with Crippen molar-refractivity contribution in [3.8, 4) is 0 Å². The van der Waals surface area contributed by atoms with Crippen molar-refractivity contribution in [2.24, 2.45) is 0 Å². The number of aliphatic hydroxyl groups excluding tert-OH is 1. The van der Waals surface area contributed by atoms with Crippen LogP contribution in [0.3, 0.4) is 0 Å². The van der Waals surface area contributed by atoms with Gasteiger partial charge in [-0.15, -0.1) is 0 Å². The smallest absolute Gasteiger partial charge is 0.225 e. The van der Waals surface area contributed by atoms with Crippen LogP contribution in [0.5, 0.6) is 0 Å². The van der Waals surface area contributed by atoms with Crippen LogP contribution in [0.4, 0.5) is 0 Å². The van der Waals surface area contributed by atoms with Gasteiger partial charge in [-0.1, -0.05) is 0 Å². The first-order valence-electron chi connectivity index (χ1n) is 3.90. The van der Waals surface area contributed by atoms with Crippen molar-refractivity contribution in [1.82, 2.24) is 4.90 Å². The molecule has 1 saturated heterocycles. The van der Waals surface area contributed by atoms with Crippen molar-refractivity contribution in [3.63, 3.8) is 0 Å². The Labute approximate surface area is 67.0 Å². The van der Waals surface area contributed by atoms with Crippen molar-refractivity contribution >= 4 is 5.91 Å². The SMILES string of the molecule is CC(C)(C)N1CC(O)CC1=O. The lowest BCUT2D eigenvalue weighted by atomic mass is 10.1. The van der Waals surface area contributed by atoms with E-state index in [1.54, 1.807) is 4.90 Å². The van der Waals surface area contributed by atoms with E-state index in [0.29, 0.717) is 6.54 Å². The van der Waals surface area contributed by atoms with Crippen molar-refractivity contribution in [2.45, 2.75) is 38.8 Å². The molecule has 0 radical (unpaired) electrons. The predicted molar refractivity (Wildman–Crippen MR) is 42.1 cm³/mol. The average Bonchev–Trinajstić information content (AvgIpc) is 2.08. The monoisotopic (exact) mass is 157 g/mol. The van der Waals surface area contributed by atoms with Crippen molar-refractivity contribution in [3.05, 3.63) is 0 Å². The normalized spacial score (nSPS) is 26.4. The van der Waals surface area contributed by atoms with Gasteiger partial charge in [0.05, 0.1) is 12.5 Å². The zero-order valence-electron chi connectivity index (χ0n) is 7.29. The minimum Gasteiger partial charge on any atom is -0.391 e. The van der Waals surface area contributed by atoms with Gasteiger partial charge in [0.1, 0.15) is 0 Å². The number of amides is 1. The van der Waals surface area contributed by atoms with Crippen LogP contribution in [-0.4, -0.2) is 34.1 Å². The number of nitrogens with zero attached hydrogens (tertiary/aromatic N) is 1. The molecule has 0 saturated carbocycles. The van der Waals surface area contributed by atoms with E-state index in [0.717, 1.165) is 0 Å². The molecule has 0 aromatic rings. The van der Waals surface area contributed by atoms with E-state index in [2.05, 4.69) is 0 Å². The number of β-amino-alcohol motifs (C(OH)–C–C–N with tert-alkyl or cyclic N) is 1. The molecule has 1 rings (SSSR count). The first-order valence-corrected chi connectivity index (χ1v) is 3.90. The summed E-state index contributed by atoms with van der Waals surface area (Å²) in [5.74, 6) is 0.0602. The molecule has 1 aliphatic rings. The van der Waals surface area contributed by atoms with Crippen molar-refractivity contribution in [2.75, 3.05) is 6.54 Å². The van der Waals surface area contributed by atoms with E-state index < -0.39 is 6.10 Å². The van der Waals surface area contributed by atoms with Crippen molar-refractivity contribution in [1.29, 1.82) is 0 Å². The van der Waals surface area contributed by atoms with Crippen LogP contribution in [0.15, 0.2) is 0 Å². The zero-order chi connectivity index (χ0) is 8.65. The van der Waals surface area contributed by atoms with Gasteiger partial charge in [-0.2, -0.15) is 0 Å². The maximum absolute atomic E-state index is 11.2. The van der Waals surface area contributed by atoms with Crippen LogP contribution in [0.25, 0.3) is 0 Å². The molecule has 1 N–H and O–H groups in total. The second-order valence-electron chi connectivity index (χ2n) is 4.03. The number of rotatable bonds is 0. The zero-order valence-corrected chi connectivity index (χ0v) is 7.29. The van der Waals surface area contributed by atoms with Crippen LogP contribution in [0, 0.1) is 0 Å². The Morgan fingerprint density at radius 3 is 2.27 bits per heavy atom. The number of aliphatic hydroxyl groups is 1. The lowest BCUT2D eigenvalue weighted by Crippen LogP contribution is -2.42. The third-order valence-corrected chi connectivity index (χ3v) is 1.91. The topological polar surface area (TPSA) is 40.5 Å². The highest BCUT2D eigenvalue weighted by molar-refractivity contribution is 5.79. The van der Waals surface area contributed by atoms with Gasteiger partial charge in [0, 0.05) is 12.1 Å². The molecule has 0 aromatic heterocycles. The second kappa shape index (κ2) is 2.48. The Morgan fingerprint density at radius 1 is 1.55 bits per heavy atom. The highest BCUT2D eigenvalue weighted by Gasteiger charge is 2.34. The molecule has 0 bridgehead atoms. The lowest BCUT2D eigenvalue weighted by Gasteiger charge is -2.31. The summed E-state index contributed by atoms with van der Waals surface area (Å²) in [6.45, 7) is 6.41. The summed E-state index contributed by atoms with van der Waals surface area (Å²) < 4.78 is 0. The molecule has 0 spiro atoms. The molecule has 1 heterocycles. The summed E-state index contributed by atoms with van der Waals surface area (Å²) in [5.41, 5.74) is -0.144. The van der Waals surface area contributed by atoms with E-state index in [4.69, 9.17) is 0 Å². The fourth-order valence-electron chi connectivity index (χ4n) is 1.34. The third kappa shape index (κ3) is 1.71. The van der Waals surface area contributed by atoms with Gasteiger partial charge in [-0.3, -0.25) is 4.79 Å². The van der Waals surface area contributed by atoms with E-state index in [1.165, 1.54) is 0 Å². The average molecular weight is 157 g/mol. The minimum atomic E-state index is -0.457. The van der Waals surface area contributed by atoms with E-state index in [1.807, 2.05) is 20.8 Å². The Bertz CT molecular complexity index is 171. The fourth-order valence-corrected chi connectivity index (χ4v) is 1.34. The molecule has 1 aliphatic heterocycles. The van der Waals surface area contributed by atoms with Gasteiger partial charge in [0.15, 0.2) is 0 Å². The molecule has 1 fully saturated rings. The molecule has 3 nitrogen and oxygen atoms in total. The molecule has 1 amide bonds. The Hall–Kier alpha value is -0.570.